The van der Waals surface area contributed by atoms with E-state index in [2.05, 4.69) is 10.8 Å². The van der Waals surface area contributed by atoms with Crippen LogP contribution in [0, 0.1) is 5.92 Å². The van der Waals surface area contributed by atoms with Crippen LogP contribution >= 0.6 is 0 Å². The average Bonchev–Trinajstić information content (AvgIpc) is 2.22. The highest BCUT2D eigenvalue weighted by Gasteiger charge is 2.20. The second-order valence-electron chi connectivity index (χ2n) is 4.00. The van der Waals surface area contributed by atoms with Gasteiger partial charge in [-0.05, 0) is 12.3 Å². The Hall–Kier alpha value is -1.34. The predicted octanol–water partition coefficient (Wildman–Crippen LogP) is -0.236. The molecule has 1 unspecified atom stereocenters. The first-order chi connectivity index (χ1) is 7.97. The fourth-order valence-corrected chi connectivity index (χ4v) is 1.19. The van der Waals surface area contributed by atoms with Crippen molar-refractivity contribution < 1.29 is 19.2 Å². The number of urea groups is 1. The summed E-state index contributed by atoms with van der Waals surface area (Å²) in [4.78, 5) is 27.2. The molecule has 0 aromatic carbocycles. The Labute approximate surface area is 101 Å². The topological polar surface area (TPSA) is 103 Å². The molecule has 1 atom stereocenters. The minimum atomic E-state index is -0.734. The molecule has 0 radical (unpaired) electrons. The van der Waals surface area contributed by atoms with Crippen molar-refractivity contribution in [2.45, 2.75) is 26.3 Å². The summed E-state index contributed by atoms with van der Waals surface area (Å²) in [6.07, 6.45) is 0.489. The summed E-state index contributed by atoms with van der Waals surface area (Å²) in [5.74, 6) is -0.176. The number of amides is 3. The number of nitrogens with two attached hydrogens (primary N) is 1. The van der Waals surface area contributed by atoms with Crippen molar-refractivity contribution in [3.8, 4) is 0 Å². The van der Waals surface area contributed by atoms with Crippen molar-refractivity contribution in [2.75, 3.05) is 20.3 Å². The van der Waals surface area contributed by atoms with Gasteiger partial charge in [0.05, 0.1) is 13.2 Å². The van der Waals surface area contributed by atoms with Gasteiger partial charge in [-0.1, -0.05) is 13.8 Å². The number of primary amides is 1. The van der Waals surface area contributed by atoms with Crippen LogP contribution in [0.4, 0.5) is 4.79 Å². The van der Waals surface area contributed by atoms with Crippen LogP contribution in [-0.2, 0) is 14.4 Å². The van der Waals surface area contributed by atoms with E-state index in [0.717, 1.165) is 0 Å². The molecule has 7 heteroatoms. The zero-order valence-corrected chi connectivity index (χ0v) is 10.5. The molecule has 0 aliphatic carbocycles. The zero-order valence-electron chi connectivity index (χ0n) is 10.5. The number of hydrogen-bond acceptors (Lipinski definition) is 4. The second-order valence-corrected chi connectivity index (χ2v) is 4.00. The SMILES string of the molecule is COCCONC(=O)C(CC(C)C)NC(N)=O. The number of hydrogen-bond donors (Lipinski definition) is 3. The van der Waals surface area contributed by atoms with Crippen LogP contribution in [0.15, 0.2) is 0 Å². The molecule has 7 nitrogen and oxygen atoms in total. The van der Waals surface area contributed by atoms with E-state index >= 15 is 0 Å². The third-order valence-electron chi connectivity index (χ3n) is 1.90. The normalized spacial score (nSPS) is 12.2. The number of carbonyl (C=O) groups excluding carboxylic acids is 2. The summed E-state index contributed by atoms with van der Waals surface area (Å²) in [7, 11) is 1.53. The molecule has 0 fully saturated rings. The third kappa shape index (κ3) is 8.47. The van der Waals surface area contributed by atoms with Gasteiger partial charge in [-0.25, -0.2) is 10.3 Å². The van der Waals surface area contributed by atoms with Crippen molar-refractivity contribution in [1.29, 1.82) is 0 Å². The number of hydroxylamine groups is 1. The number of carbonyl (C=O) groups is 2. The average molecular weight is 247 g/mol. The largest absolute Gasteiger partial charge is 0.382 e. The Balaban J connectivity index is 4.08. The molecule has 0 aliphatic rings. The van der Waals surface area contributed by atoms with Gasteiger partial charge in [0.2, 0.25) is 0 Å². The highest BCUT2D eigenvalue weighted by molar-refractivity contribution is 5.85. The summed E-state index contributed by atoms with van der Waals surface area (Å²) in [5, 5.41) is 2.37. The standard InChI is InChI=1S/C10H21N3O4/c1-7(2)6-8(12-10(11)15)9(14)13-17-5-4-16-3/h7-8H,4-6H2,1-3H3,(H,13,14)(H3,11,12,15). The molecule has 17 heavy (non-hydrogen) atoms. The van der Waals surface area contributed by atoms with Gasteiger partial charge < -0.3 is 15.8 Å². The predicted molar refractivity (Wildman–Crippen MR) is 61.9 cm³/mol. The molecule has 4 N–H and O–H groups in total. The number of rotatable bonds is 8. The smallest absolute Gasteiger partial charge is 0.312 e. The minimum absolute atomic E-state index is 0.243. The highest BCUT2D eigenvalue weighted by atomic mass is 16.7. The van der Waals surface area contributed by atoms with E-state index in [1.807, 2.05) is 13.8 Å². The molecular formula is C10H21N3O4. The lowest BCUT2D eigenvalue weighted by atomic mass is 10.0. The van der Waals surface area contributed by atoms with E-state index in [1.165, 1.54) is 7.11 Å². The van der Waals surface area contributed by atoms with E-state index < -0.39 is 18.0 Å². The molecule has 0 heterocycles. The summed E-state index contributed by atoms with van der Waals surface area (Å²) >= 11 is 0. The van der Waals surface area contributed by atoms with Crippen molar-refractivity contribution in [1.82, 2.24) is 10.8 Å². The molecule has 100 valence electrons. The van der Waals surface area contributed by atoms with E-state index in [-0.39, 0.29) is 12.5 Å². The molecule has 0 bridgehead atoms. The van der Waals surface area contributed by atoms with Crippen LogP contribution in [0.1, 0.15) is 20.3 Å². The summed E-state index contributed by atoms with van der Waals surface area (Å²) in [5.41, 5.74) is 7.23. The summed E-state index contributed by atoms with van der Waals surface area (Å²) in [6.45, 7) is 4.50. The molecule has 3 amide bonds. The molecule has 0 spiro atoms. The molecule has 0 aliphatic heterocycles. The quantitative estimate of drug-likeness (QED) is 0.407. The van der Waals surface area contributed by atoms with Crippen LogP contribution in [0.25, 0.3) is 0 Å². The summed E-state index contributed by atoms with van der Waals surface area (Å²) < 4.78 is 4.75. The molecule has 0 aromatic rings. The first-order valence-electron chi connectivity index (χ1n) is 5.44. The van der Waals surface area contributed by atoms with Gasteiger partial charge in [0.25, 0.3) is 5.91 Å². The molecule has 0 saturated carbocycles. The maximum Gasteiger partial charge on any atom is 0.312 e. The molecule has 0 rings (SSSR count). The Morgan fingerprint density at radius 2 is 1.94 bits per heavy atom. The first-order valence-corrected chi connectivity index (χ1v) is 5.44. The first kappa shape index (κ1) is 15.7. The second kappa shape index (κ2) is 8.77. The van der Waals surface area contributed by atoms with E-state index in [4.69, 9.17) is 15.3 Å². The fourth-order valence-electron chi connectivity index (χ4n) is 1.19. The van der Waals surface area contributed by atoms with Crippen molar-refractivity contribution >= 4 is 11.9 Å². The Bertz CT molecular complexity index is 246. The van der Waals surface area contributed by atoms with Crippen molar-refractivity contribution in [2.24, 2.45) is 11.7 Å². The number of methoxy groups -OCH3 is 1. The molecule has 0 aromatic heterocycles. The van der Waals surface area contributed by atoms with E-state index in [9.17, 15) is 9.59 Å². The van der Waals surface area contributed by atoms with Gasteiger partial charge >= 0.3 is 6.03 Å². The Kier molecular flexibility index (Phi) is 8.08. The summed E-state index contributed by atoms with van der Waals surface area (Å²) in [6, 6.07) is -1.42. The fraction of sp³-hybridized carbons (Fsp3) is 0.800. The van der Waals surface area contributed by atoms with Crippen LogP contribution in [0.2, 0.25) is 0 Å². The number of ether oxygens (including phenoxy) is 1. The van der Waals surface area contributed by atoms with Gasteiger partial charge in [-0.3, -0.25) is 9.63 Å². The monoisotopic (exact) mass is 247 g/mol. The van der Waals surface area contributed by atoms with Crippen LogP contribution < -0.4 is 16.5 Å². The third-order valence-corrected chi connectivity index (χ3v) is 1.90. The van der Waals surface area contributed by atoms with Gasteiger partial charge in [-0.2, -0.15) is 0 Å². The lowest BCUT2D eigenvalue weighted by Crippen LogP contribution is -2.49. The highest BCUT2D eigenvalue weighted by Crippen LogP contribution is 2.04. The van der Waals surface area contributed by atoms with Crippen LogP contribution in [0.5, 0.6) is 0 Å². The Morgan fingerprint density at radius 3 is 2.41 bits per heavy atom. The molecular weight excluding hydrogens is 226 g/mol. The van der Waals surface area contributed by atoms with E-state index in [0.29, 0.717) is 13.0 Å². The van der Waals surface area contributed by atoms with Crippen LogP contribution in [0.3, 0.4) is 0 Å². The lowest BCUT2D eigenvalue weighted by molar-refractivity contribution is -0.136. The van der Waals surface area contributed by atoms with E-state index in [1.54, 1.807) is 0 Å². The number of nitrogens with one attached hydrogen (secondary N) is 2. The van der Waals surface area contributed by atoms with Gasteiger partial charge in [0.15, 0.2) is 0 Å². The van der Waals surface area contributed by atoms with Gasteiger partial charge in [0.1, 0.15) is 6.04 Å². The van der Waals surface area contributed by atoms with Gasteiger partial charge in [0, 0.05) is 7.11 Å². The Morgan fingerprint density at radius 1 is 1.29 bits per heavy atom. The zero-order chi connectivity index (χ0) is 13.3. The van der Waals surface area contributed by atoms with Crippen molar-refractivity contribution in [3.05, 3.63) is 0 Å². The molecule has 0 saturated heterocycles. The maximum atomic E-state index is 11.6. The van der Waals surface area contributed by atoms with Gasteiger partial charge in [-0.15, -0.1) is 0 Å². The maximum absolute atomic E-state index is 11.6. The van der Waals surface area contributed by atoms with Crippen LogP contribution in [-0.4, -0.2) is 38.3 Å². The minimum Gasteiger partial charge on any atom is -0.382 e. The lowest BCUT2D eigenvalue weighted by Gasteiger charge is -2.18. The van der Waals surface area contributed by atoms with Crippen molar-refractivity contribution in [3.63, 3.8) is 0 Å².